The van der Waals surface area contributed by atoms with E-state index in [4.69, 9.17) is 4.74 Å². The number of hydrogen-bond donors (Lipinski definition) is 0. The minimum Gasteiger partial charge on any atom is -0.496 e. The monoisotopic (exact) mass is 323 g/mol. The van der Waals surface area contributed by atoms with E-state index in [0.717, 1.165) is 12.3 Å². The van der Waals surface area contributed by atoms with Gasteiger partial charge in [0.15, 0.2) is 0 Å². The van der Waals surface area contributed by atoms with Gasteiger partial charge in [0, 0.05) is 24.7 Å². The summed E-state index contributed by atoms with van der Waals surface area (Å²) >= 11 is 0. The minimum atomic E-state index is 0.468. The lowest BCUT2D eigenvalue weighted by Gasteiger charge is -2.40. The van der Waals surface area contributed by atoms with Gasteiger partial charge in [0.2, 0.25) is 0 Å². The number of ether oxygens (including phenoxy) is 1. The fourth-order valence-electron chi connectivity index (χ4n) is 5.63. The largest absolute Gasteiger partial charge is 0.496 e. The quantitative estimate of drug-likeness (QED) is 0.765. The second kappa shape index (κ2) is 5.49. The first-order valence-corrected chi connectivity index (χ1v) is 9.18. The lowest BCUT2D eigenvalue weighted by Crippen LogP contribution is -2.34. The Hall–Kier alpha value is -1.54. The highest BCUT2D eigenvalue weighted by Gasteiger charge is 2.49. The Kier molecular flexibility index (Phi) is 3.65. The van der Waals surface area contributed by atoms with E-state index in [-0.39, 0.29) is 0 Å². The van der Waals surface area contributed by atoms with Crippen LogP contribution in [0.2, 0.25) is 0 Å². The molecule has 1 saturated carbocycles. The summed E-state index contributed by atoms with van der Waals surface area (Å²) < 4.78 is 5.71. The molecular weight excluding hydrogens is 294 g/mol. The highest BCUT2D eigenvalue weighted by Crippen LogP contribution is 2.53. The Bertz CT molecular complexity index is 766. The van der Waals surface area contributed by atoms with Crippen molar-refractivity contribution in [2.24, 2.45) is 10.8 Å². The molecular formula is C22H29NO. The molecule has 2 fully saturated rings. The molecule has 0 amide bonds. The van der Waals surface area contributed by atoms with Crippen LogP contribution < -0.4 is 4.74 Å². The van der Waals surface area contributed by atoms with E-state index in [1.165, 1.54) is 42.1 Å². The van der Waals surface area contributed by atoms with E-state index < -0.39 is 0 Å². The van der Waals surface area contributed by atoms with Crippen molar-refractivity contribution in [3.05, 3.63) is 42.0 Å². The number of rotatable bonds is 3. The van der Waals surface area contributed by atoms with Crippen molar-refractivity contribution in [2.45, 2.75) is 52.6 Å². The molecule has 2 heteroatoms. The third kappa shape index (κ3) is 2.71. The van der Waals surface area contributed by atoms with Crippen LogP contribution in [0, 0.1) is 10.8 Å². The van der Waals surface area contributed by atoms with Crippen molar-refractivity contribution in [2.75, 3.05) is 13.7 Å². The summed E-state index contributed by atoms with van der Waals surface area (Å²) in [6.45, 7) is 9.59. The molecule has 1 heterocycles. The first kappa shape index (κ1) is 16.0. The van der Waals surface area contributed by atoms with Crippen molar-refractivity contribution < 1.29 is 4.74 Å². The van der Waals surface area contributed by atoms with Crippen LogP contribution in [0.15, 0.2) is 36.4 Å². The zero-order valence-electron chi connectivity index (χ0n) is 15.4. The minimum absolute atomic E-state index is 0.468. The molecule has 0 spiro atoms. The second-order valence-electron chi connectivity index (χ2n) is 9.09. The van der Waals surface area contributed by atoms with Crippen molar-refractivity contribution >= 4 is 10.8 Å². The normalized spacial score (nSPS) is 29.1. The summed E-state index contributed by atoms with van der Waals surface area (Å²) in [5, 5.41) is 2.64. The van der Waals surface area contributed by atoms with Gasteiger partial charge in [-0.3, -0.25) is 4.90 Å². The van der Waals surface area contributed by atoms with E-state index in [0.29, 0.717) is 16.9 Å². The van der Waals surface area contributed by atoms with Crippen LogP contribution in [-0.4, -0.2) is 24.6 Å². The first-order chi connectivity index (χ1) is 11.4. The Morgan fingerprint density at radius 3 is 2.67 bits per heavy atom. The van der Waals surface area contributed by atoms with E-state index >= 15 is 0 Å². The highest BCUT2D eigenvalue weighted by atomic mass is 16.5. The molecule has 0 unspecified atom stereocenters. The Morgan fingerprint density at radius 1 is 1.08 bits per heavy atom. The van der Waals surface area contributed by atoms with Gasteiger partial charge in [-0.15, -0.1) is 0 Å². The number of fused-ring (bicyclic) bond motifs is 3. The van der Waals surface area contributed by atoms with Crippen molar-refractivity contribution in [1.29, 1.82) is 0 Å². The zero-order valence-corrected chi connectivity index (χ0v) is 15.4. The van der Waals surface area contributed by atoms with Crippen LogP contribution in [0.1, 0.15) is 45.6 Å². The van der Waals surface area contributed by atoms with E-state index in [1.54, 1.807) is 7.11 Å². The molecule has 2 bridgehead atoms. The molecule has 2 nitrogen and oxygen atoms in total. The lowest BCUT2D eigenvalue weighted by molar-refractivity contribution is 0.126. The van der Waals surface area contributed by atoms with Crippen LogP contribution in [-0.2, 0) is 6.54 Å². The molecule has 2 atom stereocenters. The average molecular weight is 323 g/mol. The van der Waals surface area contributed by atoms with Gasteiger partial charge in [-0.2, -0.15) is 0 Å². The van der Waals surface area contributed by atoms with Gasteiger partial charge < -0.3 is 4.74 Å². The molecule has 1 aliphatic heterocycles. The van der Waals surface area contributed by atoms with Gasteiger partial charge in [0.05, 0.1) is 7.11 Å². The SMILES string of the molecule is COc1ccc2ccccc2c1CN1C[C@@]2(C)C[C@H]1CC(C)(C)C2. The Labute approximate surface area is 145 Å². The van der Waals surface area contributed by atoms with Crippen molar-refractivity contribution in [1.82, 2.24) is 4.90 Å². The molecule has 2 aliphatic rings. The van der Waals surface area contributed by atoms with E-state index in [2.05, 4.69) is 62.1 Å². The van der Waals surface area contributed by atoms with Gasteiger partial charge in [-0.05, 0) is 46.9 Å². The second-order valence-corrected chi connectivity index (χ2v) is 9.09. The van der Waals surface area contributed by atoms with Crippen molar-refractivity contribution in [3.8, 4) is 5.75 Å². The van der Waals surface area contributed by atoms with Crippen LogP contribution in [0.25, 0.3) is 10.8 Å². The third-order valence-corrected chi connectivity index (χ3v) is 6.10. The topological polar surface area (TPSA) is 12.5 Å². The molecule has 0 N–H and O–H groups in total. The standard InChI is InChI=1S/C22H29NO/c1-21(2)11-17-12-22(3,14-21)15-23(17)13-19-18-8-6-5-7-16(18)9-10-20(19)24-4/h5-10,17H,11-15H2,1-4H3/t17-,22+/m1/s1. The summed E-state index contributed by atoms with van der Waals surface area (Å²) in [4.78, 5) is 2.72. The molecule has 0 aromatic heterocycles. The van der Waals surface area contributed by atoms with Gasteiger partial charge in [-0.1, -0.05) is 51.1 Å². The summed E-state index contributed by atoms with van der Waals surface area (Å²) in [5.74, 6) is 1.03. The van der Waals surface area contributed by atoms with Crippen LogP contribution in [0.4, 0.5) is 0 Å². The average Bonchev–Trinajstić information content (AvgIpc) is 2.76. The third-order valence-electron chi connectivity index (χ3n) is 6.10. The highest BCUT2D eigenvalue weighted by molar-refractivity contribution is 5.87. The molecule has 0 radical (unpaired) electrons. The number of nitrogens with zero attached hydrogens (tertiary/aromatic N) is 1. The van der Waals surface area contributed by atoms with Crippen LogP contribution in [0.5, 0.6) is 5.75 Å². The summed E-state index contributed by atoms with van der Waals surface area (Å²) in [6.07, 6.45) is 4.01. The smallest absolute Gasteiger partial charge is 0.123 e. The fourth-order valence-corrected chi connectivity index (χ4v) is 5.63. The van der Waals surface area contributed by atoms with Gasteiger partial charge >= 0.3 is 0 Å². The van der Waals surface area contributed by atoms with Crippen LogP contribution >= 0.6 is 0 Å². The van der Waals surface area contributed by atoms with E-state index in [9.17, 15) is 0 Å². The Morgan fingerprint density at radius 2 is 1.88 bits per heavy atom. The number of likely N-dealkylation sites (tertiary alicyclic amines) is 1. The predicted octanol–water partition coefficient (Wildman–Crippen LogP) is 5.25. The summed E-state index contributed by atoms with van der Waals surface area (Å²) in [7, 11) is 1.79. The predicted molar refractivity (Wildman–Crippen MR) is 100 cm³/mol. The molecule has 2 aromatic rings. The maximum absolute atomic E-state index is 5.71. The molecule has 2 aromatic carbocycles. The maximum atomic E-state index is 5.71. The zero-order chi connectivity index (χ0) is 16.9. The van der Waals surface area contributed by atoms with E-state index in [1.807, 2.05) is 0 Å². The molecule has 1 saturated heterocycles. The van der Waals surface area contributed by atoms with Gasteiger partial charge in [0.25, 0.3) is 0 Å². The van der Waals surface area contributed by atoms with Gasteiger partial charge in [0.1, 0.15) is 5.75 Å². The molecule has 4 rings (SSSR count). The van der Waals surface area contributed by atoms with Gasteiger partial charge in [-0.25, -0.2) is 0 Å². The summed E-state index contributed by atoms with van der Waals surface area (Å²) in [6, 6.07) is 13.7. The number of methoxy groups -OCH3 is 1. The van der Waals surface area contributed by atoms with Crippen LogP contribution in [0.3, 0.4) is 0 Å². The molecule has 128 valence electrons. The molecule has 1 aliphatic carbocycles. The number of benzene rings is 2. The first-order valence-electron chi connectivity index (χ1n) is 9.18. The Balaban J connectivity index is 1.70. The molecule has 24 heavy (non-hydrogen) atoms. The van der Waals surface area contributed by atoms with Crippen molar-refractivity contribution in [3.63, 3.8) is 0 Å². The lowest BCUT2D eigenvalue weighted by atomic mass is 9.65. The maximum Gasteiger partial charge on any atom is 0.123 e. The summed E-state index contributed by atoms with van der Waals surface area (Å²) in [5.41, 5.74) is 2.30. The number of hydrogen-bond acceptors (Lipinski definition) is 2. The fraction of sp³-hybridized carbons (Fsp3) is 0.545.